The van der Waals surface area contributed by atoms with E-state index in [0.29, 0.717) is 25.3 Å². The fourth-order valence-electron chi connectivity index (χ4n) is 3.71. The van der Waals surface area contributed by atoms with Gasteiger partial charge in [0.25, 0.3) is 5.91 Å². The van der Waals surface area contributed by atoms with Crippen molar-refractivity contribution in [1.29, 1.82) is 5.26 Å². The first kappa shape index (κ1) is 20.4. The molecule has 0 unspecified atom stereocenters. The zero-order valence-corrected chi connectivity index (χ0v) is 17.5. The summed E-state index contributed by atoms with van der Waals surface area (Å²) in [5, 5.41) is 16.7. The van der Waals surface area contributed by atoms with Gasteiger partial charge in [-0.05, 0) is 43.2 Å². The smallest absolute Gasteiger partial charge is 0.310 e. The summed E-state index contributed by atoms with van der Waals surface area (Å²) in [6.45, 7) is 5.00. The fourth-order valence-corrected chi connectivity index (χ4v) is 3.71. The van der Waals surface area contributed by atoms with E-state index in [-0.39, 0.29) is 24.2 Å². The molecule has 0 spiro atoms. The van der Waals surface area contributed by atoms with E-state index in [0.717, 1.165) is 28.0 Å². The molecule has 1 aliphatic heterocycles. The molecule has 158 valence electrons. The van der Waals surface area contributed by atoms with Crippen LogP contribution in [-0.2, 0) is 16.0 Å². The summed E-state index contributed by atoms with van der Waals surface area (Å²) in [5.41, 5.74) is 4.79. The minimum Gasteiger partial charge on any atom is -0.466 e. The molecule has 31 heavy (non-hydrogen) atoms. The number of nitrogens with zero attached hydrogens (tertiary/aromatic N) is 4. The lowest BCUT2D eigenvalue weighted by atomic mass is 10.0. The summed E-state index contributed by atoms with van der Waals surface area (Å²) >= 11 is 0. The Hall–Kier alpha value is -3.86. The standard InChI is InChI=1S/C23H23N5O3/c1-3-31-21(29)10-16-4-6-18(7-5-16)26-20-8-9-25-28-14-19(15(2)22(20)28)23(30)27-12-17(11-24)13-27/h4-9,14,17,26H,3,10,12-13H2,1-2H3. The fraction of sp³-hybridized carbons (Fsp3) is 0.304. The van der Waals surface area contributed by atoms with Gasteiger partial charge in [0.05, 0.1) is 41.8 Å². The molecule has 0 saturated carbocycles. The van der Waals surface area contributed by atoms with Crippen molar-refractivity contribution in [3.8, 4) is 6.07 Å². The van der Waals surface area contributed by atoms with Crippen molar-refractivity contribution in [2.75, 3.05) is 25.0 Å². The average Bonchev–Trinajstić information content (AvgIpc) is 3.06. The molecular formula is C23H23N5O3. The van der Waals surface area contributed by atoms with Gasteiger partial charge in [-0.3, -0.25) is 9.59 Å². The number of amides is 1. The highest BCUT2D eigenvalue weighted by Crippen LogP contribution is 2.29. The van der Waals surface area contributed by atoms with Crippen LogP contribution in [0.5, 0.6) is 0 Å². The molecule has 0 bridgehead atoms. The van der Waals surface area contributed by atoms with E-state index < -0.39 is 0 Å². The van der Waals surface area contributed by atoms with Crippen LogP contribution < -0.4 is 5.32 Å². The number of likely N-dealkylation sites (tertiary alicyclic amines) is 1. The molecule has 8 nitrogen and oxygen atoms in total. The molecule has 1 amide bonds. The van der Waals surface area contributed by atoms with Crippen molar-refractivity contribution < 1.29 is 14.3 Å². The maximum absolute atomic E-state index is 12.8. The molecule has 1 N–H and O–H groups in total. The summed E-state index contributed by atoms with van der Waals surface area (Å²) < 4.78 is 6.68. The lowest BCUT2D eigenvalue weighted by Gasteiger charge is -2.35. The number of nitriles is 1. The largest absolute Gasteiger partial charge is 0.466 e. The second kappa shape index (κ2) is 8.48. The first-order valence-electron chi connectivity index (χ1n) is 10.2. The number of ether oxygens (including phenoxy) is 1. The Morgan fingerprint density at radius 2 is 2.00 bits per heavy atom. The van der Waals surface area contributed by atoms with Crippen molar-refractivity contribution in [1.82, 2.24) is 14.5 Å². The maximum atomic E-state index is 12.8. The van der Waals surface area contributed by atoms with E-state index in [2.05, 4.69) is 16.5 Å². The van der Waals surface area contributed by atoms with Crippen molar-refractivity contribution >= 4 is 28.8 Å². The quantitative estimate of drug-likeness (QED) is 0.619. The molecule has 0 aliphatic carbocycles. The van der Waals surface area contributed by atoms with Gasteiger partial charge >= 0.3 is 5.97 Å². The predicted molar refractivity (Wildman–Crippen MR) is 115 cm³/mol. The van der Waals surface area contributed by atoms with Crippen molar-refractivity contribution in [3.63, 3.8) is 0 Å². The van der Waals surface area contributed by atoms with Gasteiger partial charge in [0.1, 0.15) is 0 Å². The van der Waals surface area contributed by atoms with Gasteiger partial charge in [0, 0.05) is 31.2 Å². The molecule has 8 heteroatoms. The monoisotopic (exact) mass is 417 g/mol. The molecule has 0 atom stereocenters. The summed E-state index contributed by atoms with van der Waals surface area (Å²) in [4.78, 5) is 26.2. The summed E-state index contributed by atoms with van der Waals surface area (Å²) in [6.07, 6.45) is 3.65. The average molecular weight is 417 g/mol. The Kier molecular flexibility index (Phi) is 5.58. The molecule has 4 rings (SSSR count). The van der Waals surface area contributed by atoms with Crippen LogP contribution in [0.25, 0.3) is 5.52 Å². The van der Waals surface area contributed by atoms with Crippen LogP contribution in [-0.4, -0.2) is 46.1 Å². The number of aromatic nitrogens is 2. The molecule has 3 aromatic rings. The Morgan fingerprint density at radius 1 is 1.26 bits per heavy atom. The van der Waals surface area contributed by atoms with E-state index in [1.165, 1.54) is 0 Å². The third kappa shape index (κ3) is 4.08. The summed E-state index contributed by atoms with van der Waals surface area (Å²) in [7, 11) is 0. The van der Waals surface area contributed by atoms with E-state index >= 15 is 0 Å². The van der Waals surface area contributed by atoms with Crippen LogP contribution in [0.4, 0.5) is 11.4 Å². The minimum absolute atomic E-state index is 0.0798. The van der Waals surface area contributed by atoms with Gasteiger partial charge in [-0.2, -0.15) is 10.4 Å². The number of fused-ring (bicyclic) bond motifs is 1. The number of aryl methyl sites for hydroxylation is 1. The summed E-state index contributed by atoms with van der Waals surface area (Å²) in [5.74, 6) is -0.407. The van der Waals surface area contributed by atoms with Gasteiger partial charge in [0.15, 0.2) is 0 Å². The third-order valence-corrected chi connectivity index (χ3v) is 5.40. The van der Waals surface area contributed by atoms with Crippen molar-refractivity contribution in [2.24, 2.45) is 5.92 Å². The Balaban J connectivity index is 1.55. The molecule has 2 aromatic heterocycles. The normalized spacial score (nSPS) is 13.5. The molecule has 1 aliphatic rings. The van der Waals surface area contributed by atoms with Crippen molar-refractivity contribution in [2.45, 2.75) is 20.3 Å². The topological polar surface area (TPSA) is 99.7 Å². The first-order valence-corrected chi connectivity index (χ1v) is 10.2. The Bertz CT molecular complexity index is 1170. The number of rotatable bonds is 6. The SMILES string of the molecule is CCOC(=O)Cc1ccc(Nc2ccnn3cc(C(=O)N4CC(C#N)C4)c(C)c23)cc1. The van der Waals surface area contributed by atoms with Crippen LogP contribution in [0.1, 0.15) is 28.4 Å². The Morgan fingerprint density at radius 3 is 2.68 bits per heavy atom. The molecule has 1 saturated heterocycles. The first-order chi connectivity index (χ1) is 15.0. The third-order valence-electron chi connectivity index (χ3n) is 5.40. The second-order valence-corrected chi connectivity index (χ2v) is 7.55. The number of nitrogens with one attached hydrogen (secondary N) is 1. The summed E-state index contributed by atoms with van der Waals surface area (Å²) in [6, 6.07) is 11.6. The number of hydrogen-bond donors (Lipinski definition) is 1. The highest BCUT2D eigenvalue weighted by atomic mass is 16.5. The molecule has 1 aromatic carbocycles. The minimum atomic E-state index is -0.247. The van der Waals surface area contributed by atoms with Crippen LogP contribution in [0.15, 0.2) is 42.7 Å². The number of anilines is 2. The molecule has 0 radical (unpaired) electrons. The van der Waals surface area contributed by atoms with E-state index in [1.807, 2.05) is 37.3 Å². The molecular weight excluding hydrogens is 394 g/mol. The highest BCUT2D eigenvalue weighted by Gasteiger charge is 2.32. The zero-order valence-electron chi connectivity index (χ0n) is 17.5. The van der Waals surface area contributed by atoms with Gasteiger partial charge in [-0.15, -0.1) is 0 Å². The van der Waals surface area contributed by atoms with Gasteiger partial charge in [-0.1, -0.05) is 12.1 Å². The van der Waals surface area contributed by atoms with Gasteiger partial charge in [-0.25, -0.2) is 4.52 Å². The van der Waals surface area contributed by atoms with Crippen molar-refractivity contribution in [3.05, 3.63) is 59.4 Å². The number of benzene rings is 1. The molecule has 1 fully saturated rings. The predicted octanol–water partition coefficient (Wildman–Crippen LogP) is 3.09. The van der Waals surface area contributed by atoms with Crippen LogP contribution in [0.2, 0.25) is 0 Å². The lowest BCUT2D eigenvalue weighted by molar-refractivity contribution is -0.142. The maximum Gasteiger partial charge on any atom is 0.310 e. The second-order valence-electron chi connectivity index (χ2n) is 7.55. The van der Waals surface area contributed by atoms with E-state index in [4.69, 9.17) is 10.00 Å². The number of esters is 1. The number of carbonyl (C=O) groups excluding carboxylic acids is 2. The highest BCUT2D eigenvalue weighted by molar-refractivity contribution is 6.00. The number of carbonyl (C=O) groups is 2. The van der Waals surface area contributed by atoms with Crippen LogP contribution in [0, 0.1) is 24.2 Å². The van der Waals surface area contributed by atoms with Gasteiger partial charge < -0.3 is 15.0 Å². The number of hydrogen-bond acceptors (Lipinski definition) is 6. The Labute approximate surface area is 180 Å². The van der Waals surface area contributed by atoms with E-state index in [9.17, 15) is 9.59 Å². The van der Waals surface area contributed by atoms with Gasteiger partial charge in [0.2, 0.25) is 0 Å². The lowest BCUT2D eigenvalue weighted by Crippen LogP contribution is -2.49. The van der Waals surface area contributed by atoms with Crippen LogP contribution >= 0.6 is 0 Å². The zero-order chi connectivity index (χ0) is 22.0. The molecule has 3 heterocycles. The van der Waals surface area contributed by atoms with Crippen LogP contribution in [0.3, 0.4) is 0 Å². The van der Waals surface area contributed by atoms with E-state index in [1.54, 1.807) is 28.7 Å².